The van der Waals surface area contributed by atoms with Gasteiger partial charge in [-0.2, -0.15) is 5.10 Å². The molecule has 0 bridgehead atoms. The van der Waals surface area contributed by atoms with Crippen molar-refractivity contribution >= 4 is 40.5 Å². The Kier molecular flexibility index (Phi) is 4.68. The average molecular weight is 343 g/mol. The molecule has 1 N–H and O–H groups in total. The number of hydrogen-bond donors (Lipinski definition) is 1. The quantitative estimate of drug-likeness (QED) is 0.681. The van der Waals surface area contributed by atoms with Crippen LogP contribution < -0.4 is 5.32 Å². The van der Waals surface area contributed by atoms with Crippen LogP contribution in [0.15, 0.2) is 18.2 Å². The maximum Gasteiger partial charge on any atom is 0.312 e. The number of nitrogens with zero attached hydrogens (tertiary/aromatic N) is 3. The summed E-state index contributed by atoms with van der Waals surface area (Å²) in [4.78, 5) is 22.4. The Bertz CT molecular complexity index is 758. The van der Waals surface area contributed by atoms with E-state index in [1.54, 1.807) is 19.1 Å². The lowest BCUT2D eigenvalue weighted by molar-refractivity contribution is -0.386. The monoisotopic (exact) mass is 342 g/mol. The molecule has 1 aromatic carbocycles. The van der Waals surface area contributed by atoms with Crippen molar-refractivity contribution in [3.8, 4) is 0 Å². The van der Waals surface area contributed by atoms with E-state index in [2.05, 4.69) is 10.4 Å². The van der Waals surface area contributed by atoms with E-state index in [1.807, 2.05) is 0 Å². The fourth-order valence-corrected chi connectivity index (χ4v) is 2.31. The van der Waals surface area contributed by atoms with Gasteiger partial charge in [-0.1, -0.05) is 23.2 Å². The van der Waals surface area contributed by atoms with Crippen LogP contribution in [0.1, 0.15) is 11.4 Å². The van der Waals surface area contributed by atoms with Crippen LogP contribution in [0.4, 0.5) is 11.4 Å². The smallest absolute Gasteiger partial charge is 0.312 e. The minimum Gasteiger partial charge on any atom is -0.324 e. The Labute approximate surface area is 136 Å². The predicted octanol–water partition coefficient (Wildman–Crippen LogP) is 3.35. The topological polar surface area (TPSA) is 90.1 Å². The van der Waals surface area contributed by atoms with Gasteiger partial charge in [-0.15, -0.1) is 0 Å². The van der Waals surface area contributed by atoms with Crippen molar-refractivity contribution in [1.29, 1.82) is 0 Å². The lowest BCUT2D eigenvalue weighted by atomic mass is 10.3. The molecule has 0 radical (unpaired) electrons. The van der Waals surface area contributed by atoms with E-state index in [9.17, 15) is 14.9 Å². The van der Waals surface area contributed by atoms with Gasteiger partial charge in [0.1, 0.15) is 17.9 Å². The number of aryl methyl sites for hydroxylation is 1. The number of nitro groups is 1. The van der Waals surface area contributed by atoms with Crippen molar-refractivity contribution in [2.75, 3.05) is 5.32 Å². The zero-order valence-electron chi connectivity index (χ0n) is 11.8. The molecule has 0 aliphatic heterocycles. The molecule has 7 nitrogen and oxygen atoms in total. The van der Waals surface area contributed by atoms with E-state index in [0.717, 1.165) is 0 Å². The Morgan fingerprint density at radius 2 is 2.05 bits per heavy atom. The molecule has 0 atom stereocenters. The Morgan fingerprint density at radius 1 is 1.36 bits per heavy atom. The number of anilines is 1. The van der Waals surface area contributed by atoms with Gasteiger partial charge in [0, 0.05) is 5.69 Å². The molecule has 1 aromatic heterocycles. The molecule has 22 heavy (non-hydrogen) atoms. The summed E-state index contributed by atoms with van der Waals surface area (Å²) >= 11 is 11.7. The van der Waals surface area contributed by atoms with Crippen molar-refractivity contribution in [2.24, 2.45) is 0 Å². The first-order chi connectivity index (χ1) is 10.3. The van der Waals surface area contributed by atoms with Gasteiger partial charge in [0.15, 0.2) is 0 Å². The normalized spacial score (nSPS) is 10.5. The van der Waals surface area contributed by atoms with Gasteiger partial charge in [-0.05, 0) is 32.0 Å². The van der Waals surface area contributed by atoms with Crippen LogP contribution in [0.5, 0.6) is 0 Å². The van der Waals surface area contributed by atoms with E-state index in [0.29, 0.717) is 21.4 Å². The Morgan fingerprint density at radius 3 is 2.59 bits per heavy atom. The minimum absolute atomic E-state index is 0.0812. The van der Waals surface area contributed by atoms with Gasteiger partial charge in [0.05, 0.1) is 15.0 Å². The van der Waals surface area contributed by atoms with E-state index in [-0.39, 0.29) is 23.8 Å². The van der Waals surface area contributed by atoms with E-state index in [1.165, 1.54) is 17.7 Å². The first-order valence-corrected chi connectivity index (χ1v) is 6.98. The maximum absolute atomic E-state index is 12.0. The average Bonchev–Trinajstić information content (AvgIpc) is 2.68. The second-order valence-electron chi connectivity index (χ2n) is 4.61. The molecule has 0 saturated carbocycles. The predicted molar refractivity (Wildman–Crippen MR) is 83.4 cm³/mol. The van der Waals surface area contributed by atoms with Crippen LogP contribution in [-0.4, -0.2) is 20.6 Å². The summed E-state index contributed by atoms with van der Waals surface area (Å²) in [6.45, 7) is 2.93. The minimum atomic E-state index is -0.509. The Hall–Kier alpha value is -2.12. The summed E-state index contributed by atoms with van der Waals surface area (Å²) in [5, 5.41) is 18.3. The molecule has 9 heteroatoms. The van der Waals surface area contributed by atoms with Gasteiger partial charge >= 0.3 is 5.69 Å². The lowest BCUT2D eigenvalue weighted by Crippen LogP contribution is -2.20. The van der Waals surface area contributed by atoms with Crippen molar-refractivity contribution < 1.29 is 9.72 Å². The van der Waals surface area contributed by atoms with Crippen LogP contribution >= 0.6 is 23.2 Å². The molecule has 0 aliphatic rings. The van der Waals surface area contributed by atoms with Gasteiger partial charge in [0.25, 0.3) is 0 Å². The van der Waals surface area contributed by atoms with E-state index in [4.69, 9.17) is 23.2 Å². The first kappa shape index (κ1) is 16.3. The van der Waals surface area contributed by atoms with Gasteiger partial charge < -0.3 is 5.32 Å². The molecule has 1 amide bonds. The van der Waals surface area contributed by atoms with Crippen LogP contribution in [0, 0.1) is 24.0 Å². The molecule has 2 rings (SSSR count). The maximum atomic E-state index is 12.0. The number of nitrogens with one attached hydrogen (secondary N) is 1. The third-order valence-corrected chi connectivity index (χ3v) is 3.76. The fraction of sp³-hybridized carbons (Fsp3) is 0.231. The van der Waals surface area contributed by atoms with Gasteiger partial charge in [-0.3, -0.25) is 19.6 Å². The number of benzene rings is 1. The SMILES string of the molecule is Cc1nn(CC(=O)Nc2ccc(Cl)c(Cl)c2)c(C)c1[N+](=O)[O-]. The van der Waals surface area contributed by atoms with Crippen LogP contribution in [-0.2, 0) is 11.3 Å². The molecule has 0 unspecified atom stereocenters. The number of carbonyl (C=O) groups is 1. The Balaban J connectivity index is 2.14. The summed E-state index contributed by atoms with van der Waals surface area (Å²) in [5.41, 5.74) is 0.995. The highest BCUT2D eigenvalue weighted by atomic mass is 35.5. The van der Waals surface area contributed by atoms with Crippen molar-refractivity contribution in [1.82, 2.24) is 9.78 Å². The first-order valence-electron chi connectivity index (χ1n) is 6.23. The number of aromatic nitrogens is 2. The van der Waals surface area contributed by atoms with E-state index >= 15 is 0 Å². The summed E-state index contributed by atoms with van der Waals surface area (Å²) in [6.07, 6.45) is 0. The van der Waals surface area contributed by atoms with Crippen LogP contribution in [0.25, 0.3) is 0 Å². The van der Waals surface area contributed by atoms with Crippen molar-refractivity contribution in [3.05, 3.63) is 49.7 Å². The molecular formula is C13H12Cl2N4O3. The number of rotatable bonds is 4. The van der Waals surface area contributed by atoms with Crippen LogP contribution in [0.2, 0.25) is 10.0 Å². The number of hydrogen-bond acceptors (Lipinski definition) is 4. The fourth-order valence-electron chi connectivity index (χ4n) is 2.02. The molecule has 2 aromatic rings. The molecular weight excluding hydrogens is 331 g/mol. The molecule has 1 heterocycles. The molecule has 0 spiro atoms. The van der Waals surface area contributed by atoms with Crippen molar-refractivity contribution in [2.45, 2.75) is 20.4 Å². The number of amides is 1. The third kappa shape index (κ3) is 3.37. The lowest BCUT2D eigenvalue weighted by Gasteiger charge is -2.07. The second kappa shape index (κ2) is 6.33. The molecule has 0 fully saturated rings. The van der Waals surface area contributed by atoms with Crippen molar-refractivity contribution in [3.63, 3.8) is 0 Å². The van der Waals surface area contributed by atoms with E-state index < -0.39 is 4.92 Å². The number of halogens is 2. The molecule has 0 aliphatic carbocycles. The third-order valence-electron chi connectivity index (χ3n) is 3.02. The van der Waals surface area contributed by atoms with Crippen LogP contribution in [0.3, 0.4) is 0 Å². The highest BCUT2D eigenvalue weighted by molar-refractivity contribution is 6.42. The summed E-state index contributed by atoms with van der Waals surface area (Å²) < 4.78 is 1.29. The standard InChI is InChI=1S/C13H12Cl2N4O3/c1-7-13(19(21)22)8(2)18(17-7)6-12(20)16-9-3-4-10(14)11(15)5-9/h3-5H,6H2,1-2H3,(H,16,20). The summed E-state index contributed by atoms with van der Waals surface area (Å²) in [7, 11) is 0. The molecule has 0 saturated heterocycles. The number of carbonyl (C=O) groups excluding carboxylic acids is 1. The summed E-state index contributed by atoms with van der Waals surface area (Å²) in [5.74, 6) is -0.376. The molecule has 116 valence electrons. The van der Waals surface area contributed by atoms with Gasteiger partial charge in [-0.25, -0.2) is 0 Å². The highest BCUT2D eigenvalue weighted by Gasteiger charge is 2.22. The second-order valence-corrected chi connectivity index (χ2v) is 5.43. The van der Waals surface area contributed by atoms with Gasteiger partial charge in [0.2, 0.25) is 5.91 Å². The zero-order valence-corrected chi connectivity index (χ0v) is 13.3. The largest absolute Gasteiger partial charge is 0.324 e. The zero-order chi connectivity index (χ0) is 16.4. The summed E-state index contributed by atoms with van der Waals surface area (Å²) in [6, 6.07) is 4.69. The highest BCUT2D eigenvalue weighted by Crippen LogP contribution is 2.25.